The molecule has 142 valence electrons. The normalized spacial score (nSPS) is 10.7. The summed E-state index contributed by atoms with van der Waals surface area (Å²) < 4.78 is 0. The van der Waals surface area contributed by atoms with Gasteiger partial charge in [-0.3, -0.25) is 9.59 Å². The van der Waals surface area contributed by atoms with Gasteiger partial charge >= 0.3 is 0 Å². The van der Waals surface area contributed by atoms with E-state index in [9.17, 15) is 9.59 Å². The molecular formula is C24H15Cl2NO2. The summed E-state index contributed by atoms with van der Waals surface area (Å²) in [5.41, 5.74) is 1.52. The molecule has 1 amide bonds. The van der Waals surface area contributed by atoms with Crippen LogP contribution in [0.25, 0.3) is 10.8 Å². The Bertz CT molecular complexity index is 1250. The van der Waals surface area contributed by atoms with Gasteiger partial charge in [-0.25, -0.2) is 0 Å². The van der Waals surface area contributed by atoms with Crippen molar-refractivity contribution in [2.24, 2.45) is 0 Å². The molecule has 1 N–H and O–H groups in total. The van der Waals surface area contributed by atoms with E-state index < -0.39 is 0 Å². The van der Waals surface area contributed by atoms with Crippen LogP contribution in [-0.4, -0.2) is 11.7 Å². The van der Waals surface area contributed by atoms with E-state index in [1.165, 1.54) is 6.07 Å². The van der Waals surface area contributed by atoms with Crippen molar-refractivity contribution in [3.8, 4) is 0 Å². The zero-order valence-electron chi connectivity index (χ0n) is 15.2. The van der Waals surface area contributed by atoms with E-state index in [2.05, 4.69) is 5.32 Å². The van der Waals surface area contributed by atoms with Crippen LogP contribution in [0.2, 0.25) is 10.0 Å². The fourth-order valence-corrected chi connectivity index (χ4v) is 3.61. The number of ketones is 1. The largest absolute Gasteiger partial charge is 0.321 e. The SMILES string of the molecule is O=C(c1ccccc1Cl)c1cc(Cl)ccc1NC(=O)c1cccc2ccccc12. The topological polar surface area (TPSA) is 46.2 Å². The first-order chi connectivity index (χ1) is 14.0. The second kappa shape index (κ2) is 8.08. The average molecular weight is 420 g/mol. The predicted octanol–water partition coefficient (Wildman–Crippen LogP) is 6.63. The van der Waals surface area contributed by atoms with Gasteiger partial charge in [0.2, 0.25) is 0 Å². The van der Waals surface area contributed by atoms with Crippen molar-refractivity contribution < 1.29 is 9.59 Å². The van der Waals surface area contributed by atoms with Gasteiger partial charge in [-0.1, -0.05) is 71.7 Å². The Morgan fingerprint density at radius 3 is 2.21 bits per heavy atom. The molecule has 0 heterocycles. The zero-order valence-corrected chi connectivity index (χ0v) is 16.7. The molecule has 4 rings (SSSR count). The van der Waals surface area contributed by atoms with Crippen molar-refractivity contribution in [2.45, 2.75) is 0 Å². The summed E-state index contributed by atoms with van der Waals surface area (Å²) in [5.74, 6) is -0.622. The van der Waals surface area contributed by atoms with Crippen LogP contribution in [0.3, 0.4) is 0 Å². The van der Waals surface area contributed by atoms with E-state index in [1.54, 1.807) is 42.5 Å². The minimum absolute atomic E-state index is 0.277. The third kappa shape index (κ3) is 3.88. The van der Waals surface area contributed by atoms with Gasteiger partial charge in [0.25, 0.3) is 5.91 Å². The zero-order chi connectivity index (χ0) is 20.4. The lowest BCUT2D eigenvalue weighted by molar-refractivity contribution is 0.102. The molecule has 0 aromatic heterocycles. The average Bonchev–Trinajstić information content (AvgIpc) is 2.74. The molecule has 4 aromatic carbocycles. The molecule has 0 radical (unpaired) electrons. The lowest BCUT2D eigenvalue weighted by Gasteiger charge is -2.13. The van der Waals surface area contributed by atoms with Crippen molar-refractivity contribution in [3.63, 3.8) is 0 Å². The van der Waals surface area contributed by atoms with Crippen molar-refractivity contribution >= 4 is 51.4 Å². The van der Waals surface area contributed by atoms with Gasteiger partial charge in [-0.05, 0) is 47.2 Å². The minimum atomic E-state index is -0.314. The molecule has 4 aromatic rings. The number of amides is 1. The number of fused-ring (bicyclic) bond motifs is 1. The molecule has 0 aliphatic heterocycles. The Morgan fingerprint density at radius 2 is 1.38 bits per heavy atom. The minimum Gasteiger partial charge on any atom is -0.321 e. The highest BCUT2D eigenvalue weighted by molar-refractivity contribution is 6.36. The third-order valence-electron chi connectivity index (χ3n) is 4.63. The maximum Gasteiger partial charge on any atom is 0.256 e. The molecule has 0 atom stereocenters. The van der Waals surface area contributed by atoms with Gasteiger partial charge in [0, 0.05) is 21.7 Å². The maximum absolute atomic E-state index is 13.1. The summed E-state index contributed by atoms with van der Waals surface area (Å²) >= 11 is 12.3. The lowest BCUT2D eigenvalue weighted by atomic mass is 10.0. The summed E-state index contributed by atoms with van der Waals surface area (Å²) in [6, 6.07) is 24.7. The van der Waals surface area contributed by atoms with Crippen LogP contribution in [0.15, 0.2) is 84.9 Å². The maximum atomic E-state index is 13.1. The number of anilines is 1. The number of rotatable bonds is 4. The van der Waals surface area contributed by atoms with Crippen molar-refractivity contribution in [3.05, 3.63) is 112 Å². The van der Waals surface area contributed by atoms with Crippen molar-refractivity contribution in [1.82, 2.24) is 0 Å². The van der Waals surface area contributed by atoms with Crippen LogP contribution in [0, 0.1) is 0 Å². The Labute approximate surface area is 177 Å². The van der Waals surface area contributed by atoms with Crippen molar-refractivity contribution in [2.75, 3.05) is 5.32 Å². The van der Waals surface area contributed by atoms with Gasteiger partial charge in [-0.2, -0.15) is 0 Å². The van der Waals surface area contributed by atoms with Gasteiger partial charge in [0.1, 0.15) is 0 Å². The summed E-state index contributed by atoms with van der Waals surface area (Å²) in [5, 5.41) is 5.38. The van der Waals surface area contributed by atoms with E-state index >= 15 is 0 Å². The number of nitrogens with one attached hydrogen (secondary N) is 1. The predicted molar refractivity (Wildman–Crippen MR) is 118 cm³/mol. The highest BCUT2D eigenvalue weighted by Crippen LogP contribution is 2.28. The first-order valence-electron chi connectivity index (χ1n) is 8.92. The molecule has 0 bridgehead atoms. The highest BCUT2D eigenvalue weighted by Gasteiger charge is 2.19. The van der Waals surface area contributed by atoms with E-state index in [0.29, 0.717) is 26.9 Å². The first kappa shape index (κ1) is 19.2. The monoisotopic (exact) mass is 419 g/mol. The van der Waals surface area contributed by atoms with Gasteiger partial charge in [0.05, 0.1) is 10.7 Å². The Hall–Kier alpha value is -3.14. The van der Waals surface area contributed by atoms with Crippen LogP contribution in [-0.2, 0) is 0 Å². The molecule has 0 fully saturated rings. The molecule has 0 saturated carbocycles. The standard InChI is InChI=1S/C24H15Cl2NO2/c25-16-12-13-22(20(14-16)23(28)19-9-3-4-11-21(19)26)27-24(29)18-10-5-7-15-6-1-2-8-17(15)18/h1-14H,(H,27,29). The second-order valence-corrected chi connectivity index (χ2v) is 7.32. The molecule has 3 nitrogen and oxygen atoms in total. The molecule has 29 heavy (non-hydrogen) atoms. The van der Waals surface area contributed by atoms with E-state index in [0.717, 1.165) is 10.8 Å². The lowest BCUT2D eigenvalue weighted by Crippen LogP contribution is -2.15. The Kier molecular flexibility index (Phi) is 5.34. The Morgan fingerprint density at radius 1 is 0.690 bits per heavy atom. The summed E-state index contributed by atoms with van der Waals surface area (Å²) in [7, 11) is 0. The summed E-state index contributed by atoms with van der Waals surface area (Å²) in [6.45, 7) is 0. The quantitative estimate of drug-likeness (QED) is 0.377. The molecule has 5 heteroatoms. The number of benzene rings is 4. The van der Waals surface area contributed by atoms with Crippen LogP contribution < -0.4 is 5.32 Å². The molecule has 0 aliphatic rings. The highest BCUT2D eigenvalue weighted by atomic mass is 35.5. The van der Waals surface area contributed by atoms with E-state index in [1.807, 2.05) is 36.4 Å². The van der Waals surface area contributed by atoms with E-state index in [-0.39, 0.29) is 17.3 Å². The second-order valence-electron chi connectivity index (χ2n) is 6.48. The van der Waals surface area contributed by atoms with Gasteiger partial charge in [0.15, 0.2) is 5.78 Å². The molecule has 0 spiro atoms. The summed E-state index contributed by atoms with van der Waals surface area (Å²) in [4.78, 5) is 26.1. The van der Waals surface area contributed by atoms with Gasteiger partial charge < -0.3 is 5.32 Å². The van der Waals surface area contributed by atoms with Crippen LogP contribution in [0.1, 0.15) is 26.3 Å². The van der Waals surface area contributed by atoms with E-state index in [4.69, 9.17) is 23.2 Å². The van der Waals surface area contributed by atoms with Crippen LogP contribution >= 0.6 is 23.2 Å². The number of halogens is 2. The van der Waals surface area contributed by atoms with Gasteiger partial charge in [-0.15, -0.1) is 0 Å². The van der Waals surface area contributed by atoms with Crippen molar-refractivity contribution in [1.29, 1.82) is 0 Å². The van der Waals surface area contributed by atoms with Crippen LogP contribution in [0.5, 0.6) is 0 Å². The third-order valence-corrected chi connectivity index (χ3v) is 5.19. The fraction of sp³-hybridized carbons (Fsp3) is 0. The molecule has 0 unspecified atom stereocenters. The number of carbonyl (C=O) groups is 2. The first-order valence-corrected chi connectivity index (χ1v) is 9.68. The Balaban J connectivity index is 1.74. The molecule has 0 saturated heterocycles. The number of carbonyl (C=O) groups excluding carboxylic acids is 2. The number of hydrogen-bond donors (Lipinski definition) is 1. The van der Waals surface area contributed by atoms with Crippen LogP contribution in [0.4, 0.5) is 5.69 Å². The number of hydrogen-bond acceptors (Lipinski definition) is 2. The fourth-order valence-electron chi connectivity index (χ4n) is 3.22. The molecule has 0 aliphatic carbocycles. The summed E-state index contributed by atoms with van der Waals surface area (Å²) in [6.07, 6.45) is 0. The molecular weight excluding hydrogens is 405 g/mol. The smallest absolute Gasteiger partial charge is 0.256 e.